The second-order valence-electron chi connectivity index (χ2n) is 8.52. The van der Waals surface area contributed by atoms with Gasteiger partial charge in [0.1, 0.15) is 19.5 Å². The number of hydrogen-bond donors (Lipinski definition) is 1. The maximum absolute atomic E-state index is 14.6. The number of fused-ring (bicyclic) bond motifs is 5. The third-order valence-electron chi connectivity index (χ3n) is 6.80. The fourth-order valence-electron chi connectivity index (χ4n) is 5.03. The van der Waals surface area contributed by atoms with Crippen molar-refractivity contribution in [1.82, 2.24) is 9.13 Å². The van der Waals surface area contributed by atoms with Crippen LogP contribution in [0, 0.1) is 5.82 Å². The molecule has 1 N–H and O–H groups in total. The first-order valence-electron chi connectivity index (χ1n) is 10.7. The summed E-state index contributed by atoms with van der Waals surface area (Å²) in [6.07, 6.45) is -0.00298. The lowest BCUT2D eigenvalue weighted by Crippen LogP contribution is -2.44. The van der Waals surface area contributed by atoms with Crippen LogP contribution in [0.5, 0.6) is 0 Å². The Hall–Kier alpha value is -3.79. The van der Waals surface area contributed by atoms with E-state index in [2.05, 4.69) is 5.16 Å². The highest BCUT2D eigenvalue weighted by Crippen LogP contribution is 2.38. The highest BCUT2D eigenvalue weighted by molar-refractivity contribution is 6.09. The number of esters is 1. The number of carbonyl (C=O) groups is 1. The maximum Gasteiger partial charge on any atom is 0.343 e. The van der Waals surface area contributed by atoms with Gasteiger partial charge < -0.3 is 23.8 Å². The molecule has 1 atom stereocenters. The molecule has 2 aromatic heterocycles. The van der Waals surface area contributed by atoms with Gasteiger partial charge in [-0.05, 0) is 31.5 Å². The van der Waals surface area contributed by atoms with E-state index in [-0.39, 0.29) is 47.3 Å². The van der Waals surface area contributed by atoms with E-state index in [4.69, 9.17) is 9.57 Å². The molecule has 2 aliphatic rings. The Morgan fingerprint density at radius 2 is 2.03 bits per heavy atom. The topological polar surface area (TPSA) is 112 Å². The van der Waals surface area contributed by atoms with Crippen LogP contribution in [-0.2, 0) is 40.2 Å². The van der Waals surface area contributed by atoms with Crippen molar-refractivity contribution < 1.29 is 23.9 Å². The molecule has 5 rings (SSSR count). The molecule has 2 aliphatic heterocycles. The minimum atomic E-state index is -1.99. The number of ether oxygens (including phenoxy) is 1. The predicted molar refractivity (Wildman–Crippen MR) is 121 cm³/mol. The molecule has 9 nitrogen and oxygen atoms in total. The highest BCUT2D eigenvalue weighted by atomic mass is 19.1. The van der Waals surface area contributed by atoms with E-state index in [1.165, 1.54) is 23.8 Å². The molecule has 3 aromatic rings. The summed E-state index contributed by atoms with van der Waals surface area (Å²) in [6.45, 7) is 3.09. The summed E-state index contributed by atoms with van der Waals surface area (Å²) in [5, 5.41) is 15.0. The Balaban J connectivity index is 1.88. The quantitative estimate of drug-likeness (QED) is 0.280. The molecule has 0 aliphatic carbocycles. The molecule has 1 aromatic carbocycles. The van der Waals surface area contributed by atoms with Gasteiger partial charge in [0, 0.05) is 23.6 Å². The van der Waals surface area contributed by atoms with Crippen LogP contribution < -0.4 is 11.0 Å². The zero-order chi connectivity index (χ0) is 24.5. The maximum atomic E-state index is 14.6. The van der Waals surface area contributed by atoms with Gasteiger partial charge in [0.15, 0.2) is 11.0 Å². The normalized spacial score (nSPS) is 19.0. The lowest BCUT2D eigenvalue weighted by Gasteiger charge is -2.31. The van der Waals surface area contributed by atoms with Crippen LogP contribution >= 0.6 is 0 Å². The van der Waals surface area contributed by atoms with Gasteiger partial charge in [-0.3, -0.25) is 9.59 Å². The van der Waals surface area contributed by atoms with Crippen LogP contribution in [-0.4, -0.2) is 33.0 Å². The van der Waals surface area contributed by atoms with Gasteiger partial charge in [0.2, 0.25) is 0 Å². The van der Waals surface area contributed by atoms with E-state index >= 15 is 0 Å². The molecule has 0 bridgehead atoms. The first-order chi connectivity index (χ1) is 16.1. The fraction of sp³-hybridized carbons (Fsp3) is 0.333. The predicted octanol–water partition coefficient (Wildman–Crippen LogP) is 1.89. The summed E-state index contributed by atoms with van der Waals surface area (Å²) >= 11 is 0. The standard InChI is InChI=1S/C24H22FN3O6/c1-5-24(32)16-8-17-19-18(9-28(17)22(30)15(16)10-34-23(24)31)27(3)20-13(11(2)26-33-4)6-12(25)7-14(20)21(19)29/h6-8,32H,5,9-10H2,1-4H3/b26-11-/t24-/m0/s1. The molecule has 0 saturated heterocycles. The van der Waals surface area contributed by atoms with E-state index in [0.29, 0.717) is 22.5 Å². The molecule has 176 valence electrons. The van der Waals surface area contributed by atoms with Gasteiger partial charge in [-0.25, -0.2) is 9.18 Å². The van der Waals surface area contributed by atoms with Crippen molar-refractivity contribution in [2.75, 3.05) is 7.11 Å². The van der Waals surface area contributed by atoms with E-state index < -0.39 is 28.4 Å². The van der Waals surface area contributed by atoms with Gasteiger partial charge in [-0.15, -0.1) is 0 Å². The zero-order valence-corrected chi connectivity index (χ0v) is 19.1. The average Bonchev–Trinajstić information content (AvgIpc) is 3.20. The third kappa shape index (κ3) is 2.75. The number of aryl methyl sites for hydroxylation is 1. The number of halogens is 1. The number of nitrogens with zero attached hydrogens (tertiary/aromatic N) is 3. The molecule has 0 saturated carbocycles. The van der Waals surface area contributed by atoms with Crippen molar-refractivity contribution in [3.63, 3.8) is 0 Å². The number of hydrogen-bond acceptors (Lipinski definition) is 7. The van der Waals surface area contributed by atoms with Crippen LogP contribution in [0.25, 0.3) is 22.2 Å². The lowest BCUT2D eigenvalue weighted by atomic mass is 9.85. The molecule has 0 spiro atoms. The Kier molecular flexibility index (Phi) is 4.77. The fourth-order valence-corrected chi connectivity index (χ4v) is 5.03. The minimum absolute atomic E-state index is 0.00298. The van der Waals surface area contributed by atoms with Gasteiger partial charge in [-0.1, -0.05) is 12.1 Å². The van der Waals surface area contributed by atoms with Crippen LogP contribution in [0.2, 0.25) is 0 Å². The number of aromatic nitrogens is 2. The molecule has 34 heavy (non-hydrogen) atoms. The first-order valence-corrected chi connectivity index (χ1v) is 10.7. The lowest BCUT2D eigenvalue weighted by molar-refractivity contribution is -0.172. The van der Waals surface area contributed by atoms with Crippen LogP contribution in [0.1, 0.15) is 42.7 Å². The zero-order valence-electron chi connectivity index (χ0n) is 19.1. The Morgan fingerprint density at radius 1 is 1.29 bits per heavy atom. The number of pyridine rings is 2. The van der Waals surface area contributed by atoms with Crippen LogP contribution in [0.15, 0.2) is 32.9 Å². The summed E-state index contributed by atoms with van der Waals surface area (Å²) in [5.74, 6) is -1.45. The summed E-state index contributed by atoms with van der Waals surface area (Å²) in [6, 6.07) is 3.95. The smallest absolute Gasteiger partial charge is 0.343 e. The van der Waals surface area contributed by atoms with Crippen molar-refractivity contribution in [2.24, 2.45) is 12.2 Å². The van der Waals surface area contributed by atoms with Crippen molar-refractivity contribution in [1.29, 1.82) is 0 Å². The number of carbonyl (C=O) groups excluding carboxylic acids is 1. The second kappa shape index (κ2) is 7.36. The Labute approximate surface area is 192 Å². The number of aliphatic hydroxyl groups is 1. The van der Waals surface area contributed by atoms with Crippen molar-refractivity contribution >= 4 is 22.6 Å². The molecule has 4 heterocycles. The largest absolute Gasteiger partial charge is 0.458 e. The SMILES string of the molecule is CC[C@@]1(O)C(=O)OCc2c1cc1n(c2=O)Cc2c-1c(=O)c1cc(F)cc(/C(C)=N\OC)c1n2C. The molecule has 0 fully saturated rings. The van der Waals surface area contributed by atoms with Crippen molar-refractivity contribution in [3.05, 3.63) is 67.0 Å². The van der Waals surface area contributed by atoms with Gasteiger partial charge >= 0.3 is 5.97 Å². The van der Waals surface area contributed by atoms with Gasteiger partial charge in [-0.2, -0.15) is 0 Å². The van der Waals surface area contributed by atoms with Crippen molar-refractivity contribution in [3.8, 4) is 11.3 Å². The van der Waals surface area contributed by atoms with Crippen LogP contribution in [0.3, 0.4) is 0 Å². The van der Waals surface area contributed by atoms with E-state index in [9.17, 15) is 23.9 Å². The molecular weight excluding hydrogens is 445 g/mol. The number of benzene rings is 1. The van der Waals surface area contributed by atoms with Gasteiger partial charge in [0.05, 0.1) is 40.3 Å². The summed E-state index contributed by atoms with van der Waals surface area (Å²) in [5.41, 5.74) is -0.306. The molecule has 0 radical (unpaired) electrons. The van der Waals surface area contributed by atoms with Gasteiger partial charge in [0.25, 0.3) is 5.56 Å². The first kappa shape index (κ1) is 22.0. The Morgan fingerprint density at radius 3 is 2.71 bits per heavy atom. The molecule has 0 amide bonds. The Bertz CT molecular complexity index is 1570. The van der Waals surface area contributed by atoms with E-state index in [0.717, 1.165) is 6.07 Å². The molecular formula is C24H22FN3O6. The van der Waals surface area contributed by atoms with Crippen LogP contribution in [0.4, 0.5) is 4.39 Å². The highest BCUT2D eigenvalue weighted by Gasteiger charge is 2.45. The third-order valence-corrected chi connectivity index (χ3v) is 6.80. The number of oxime groups is 1. The summed E-state index contributed by atoms with van der Waals surface area (Å²) in [7, 11) is 3.10. The molecule has 10 heteroatoms. The minimum Gasteiger partial charge on any atom is -0.458 e. The van der Waals surface area contributed by atoms with Crippen molar-refractivity contribution in [2.45, 2.75) is 39.0 Å². The number of cyclic esters (lactones) is 1. The summed E-state index contributed by atoms with van der Waals surface area (Å²) < 4.78 is 22.8. The van der Waals surface area contributed by atoms with E-state index in [1.807, 2.05) is 0 Å². The number of rotatable bonds is 3. The van der Waals surface area contributed by atoms with E-state index in [1.54, 1.807) is 25.5 Å². The molecule has 0 unspecified atom stereocenters. The second-order valence-corrected chi connectivity index (χ2v) is 8.52. The summed E-state index contributed by atoms with van der Waals surface area (Å²) in [4.78, 5) is 44.2. The average molecular weight is 467 g/mol. The monoisotopic (exact) mass is 467 g/mol.